The number of para-hydroxylation sites is 1. The standard InChI is InChI=1S/C28H30N4O4/c1-19-14-15-23(21(3)36-26(20(2)28(34)35-4)22-10-6-5-7-11-22)18-31(19)27(33)24-12-8-9-13-25(24)32-29-16-17-30-32/h5-13,16-17,19,23H,3,14-15,18H2,1-2,4H3/b26-20+/t19-,23?/m1/s1. The minimum absolute atomic E-state index is 0.0427. The smallest absolute Gasteiger partial charge is 0.337 e. The third kappa shape index (κ3) is 5.22. The van der Waals surface area contributed by atoms with E-state index in [1.807, 2.05) is 60.4 Å². The number of esters is 1. The summed E-state index contributed by atoms with van der Waals surface area (Å²) in [4.78, 5) is 29.3. The molecule has 0 radical (unpaired) electrons. The number of rotatable bonds is 7. The fourth-order valence-electron chi connectivity index (χ4n) is 4.38. The van der Waals surface area contributed by atoms with Crippen LogP contribution in [0.2, 0.25) is 0 Å². The first-order valence-electron chi connectivity index (χ1n) is 11.9. The number of nitrogens with zero attached hydrogens (tertiary/aromatic N) is 4. The predicted molar refractivity (Wildman–Crippen MR) is 136 cm³/mol. The molecule has 2 atom stereocenters. The van der Waals surface area contributed by atoms with Crippen molar-refractivity contribution >= 4 is 17.6 Å². The molecular formula is C28H30N4O4. The second-order valence-electron chi connectivity index (χ2n) is 8.80. The number of benzene rings is 2. The molecule has 186 valence electrons. The highest BCUT2D eigenvalue weighted by atomic mass is 16.5. The molecule has 0 aliphatic carbocycles. The Hall–Kier alpha value is -4.20. The highest BCUT2D eigenvalue weighted by Crippen LogP contribution is 2.33. The molecule has 1 saturated heterocycles. The predicted octanol–water partition coefficient (Wildman–Crippen LogP) is 4.64. The van der Waals surface area contributed by atoms with Crippen LogP contribution >= 0.6 is 0 Å². The second kappa shape index (κ2) is 11.0. The molecule has 36 heavy (non-hydrogen) atoms. The van der Waals surface area contributed by atoms with Crippen molar-refractivity contribution in [1.29, 1.82) is 0 Å². The van der Waals surface area contributed by atoms with Crippen molar-refractivity contribution in [2.45, 2.75) is 32.7 Å². The Morgan fingerprint density at radius 3 is 2.36 bits per heavy atom. The fourth-order valence-corrected chi connectivity index (χ4v) is 4.38. The normalized spacial score (nSPS) is 18.2. The lowest BCUT2D eigenvalue weighted by molar-refractivity contribution is -0.136. The third-order valence-electron chi connectivity index (χ3n) is 6.47. The van der Waals surface area contributed by atoms with Gasteiger partial charge in [0.25, 0.3) is 5.91 Å². The monoisotopic (exact) mass is 486 g/mol. The highest BCUT2D eigenvalue weighted by molar-refractivity contribution is 5.98. The van der Waals surface area contributed by atoms with Crippen molar-refractivity contribution < 1.29 is 19.1 Å². The van der Waals surface area contributed by atoms with Gasteiger partial charge < -0.3 is 14.4 Å². The summed E-state index contributed by atoms with van der Waals surface area (Å²) in [5, 5.41) is 8.39. The average Bonchev–Trinajstić information content (AvgIpc) is 3.46. The number of ether oxygens (including phenoxy) is 2. The van der Waals surface area contributed by atoms with Crippen LogP contribution in [-0.4, -0.2) is 51.5 Å². The summed E-state index contributed by atoms with van der Waals surface area (Å²) in [7, 11) is 1.34. The maximum absolute atomic E-state index is 13.7. The molecule has 1 unspecified atom stereocenters. The number of hydrogen-bond donors (Lipinski definition) is 0. The maximum atomic E-state index is 13.7. The third-order valence-corrected chi connectivity index (χ3v) is 6.47. The van der Waals surface area contributed by atoms with Gasteiger partial charge in [0.05, 0.1) is 36.3 Å². The summed E-state index contributed by atoms with van der Waals surface area (Å²) in [5.74, 6) is 0.226. The number of hydrogen-bond acceptors (Lipinski definition) is 6. The molecule has 8 nitrogen and oxygen atoms in total. The first-order chi connectivity index (χ1) is 17.4. The van der Waals surface area contributed by atoms with Crippen molar-refractivity contribution in [1.82, 2.24) is 19.9 Å². The van der Waals surface area contributed by atoms with Gasteiger partial charge in [0.15, 0.2) is 0 Å². The summed E-state index contributed by atoms with van der Waals surface area (Å²) in [6.07, 6.45) is 4.76. The van der Waals surface area contributed by atoms with Crippen molar-refractivity contribution in [3.05, 3.63) is 96.0 Å². The molecule has 8 heteroatoms. The molecule has 1 aliphatic heterocycles. The molecule has 1 aliphatic rings. The lowest BCUT2D eigenvalue weighted by atomic mass is 9.91. The highest BCUT2D eigenvalue weighted by Gasteiger charge is 2.33. The Morgan fingerprint density at radius 1 is 1.00 bits per heavy atom. The van der Waals surface area contributed by atoms with Gasteiger partial charge in [-0.05, 0) is 38.8 Å². The van der Waals surface area contributed by atoms with Crippen LogP contribution in [0.1, 0.15) is 42.6 Å². The SMILES string of the molecule is C=C(O/C(=C(\C)C(=O)OC)c1ccccc1)C1CC[C@@H](C)N(C(=O)c2ccccc2-n2nccn2)C1. The molecule has 0 saturated carbocycles. The molecular weight excluding hydrogens is 456 g/mol. The van der Waals surface area contributed by atoms with Gasteiger partial charge in [0.1, 0.15) is 11.5 Å². The molecule has 2 aromatic carbocycles. The zero-order chi connectivity index (χ0) is 25.7. The number of likely N-dealkylation sites (tertiary alicyclic amines) is 1. The molecule has 1 aromatic heterocycles. The molecule has 1 fully saturated rings. The van der Waals surface area contributed by atoms with Crippen LogP contribution in [-0.2, 0) is 14.3 Å². The molecule has 3 aromatic rings. The minimum atomic E-state index is -0.473. The van der Waals surface area contributed by atoms with Gasteiger partial charge in [0.2, 0.25) is 0 Å². The van der Waals surface area contributed by atoms with Crippen molar-refractivity contribution in [2.24, 2.45) is 5.92 Å². The molecule has 1 amide bonds. The Balaban J connectivity index is 1.57. The van der Waals surface area contributed by atoms with E-state index in [0.29, 0.717) is 34.9 Å². The van der Waals surface area contributed by atoms with E-state index in [2.05, 4.69) is 16.8 Å². The number of piperidine rings is 1. The van der Waals surface area contributed by atoms with E-state index in [4.69, 9.17) is 9.47 Å². The Labute approximate surface area is 210 Å². The molecule has 4 rings (SSSR count). The zero-order valence-corrected chi connectivity index (χ0v) is 20.8. The molecule has 0 spiro atoms. The van der Waals surface area contributed by atoms with Gasteiger partial charge in [-0.2, -0.15) is 15.0 Å². The van der Waals surface area contributed by atoms with Crippen LogP contribution in [0.3, 0.4) is 0 Å². The molecule has 0 N–H and O–H groups in total. The Bertz CT molecular complexity index is 1270. The Morgan fingerprint density at radius 2 is 1.67 bits per heavy atom. The van der Waals surface area contributed by atoms with E-state index in [-0.39, 0.29) is 17.9 Å². The summed E-state index contributed by atoms with van der Waals surface area (Å²) < 4.78 is 11.2. The van der Waals surface area contributed by atoms with E-state index in [1.54, 1.807) is 25.4 Å². The van der Waals surface area contributed by atoms with Gasteiger partial charge in [0, 0.05) is 24.1 Å². The average molecular weight is 487 g/mol. The maximum Gasteiger partial charge on any atom is 0.337 e. The summed E-state index contributed by atoms with van der Waals surface area (Å²) in [6.45, 7) is 8.35. The van der Waals surface area contributed by atoms with E-state index >= 15 is 0 Å². The van der Waals surface area contributed by atoms with E-state index in [9.17, 15) is 9.59 Å². The van der Waals surface area contributed by atoms with Crippen molar-refractivity contribution in [3.63, 3.8) is 0 Å². The van der Waals surface area contributed by atoms with E-state index in [1.165, 1.54) is 11.9 Å². The fraction of sp³-hybridized carbons (Fsp3) is 0.286. The molecule has 2 heterocycles. The Kier molecular flexibility index (Phi) is 7.63. The van der Waals surface area contributed by atoms with Gasteiger partial charge in [-0.15, -0.1) is 0 Å². The van der Waals surface area contributed by atoms with Gasteiger partial charge >= 0.3 is 5.97 Å². The van der Waals surface area contributed by atoms with E-state index in [0.717, 1.165) is 18.4 Å². The van der Waals surface area contributed by atoms with Crippen LogP contribution in [0.5, 0.6) is 0 Å². The van der Waals surface area contributed by atoms with Crippen LogP contribution < -0.4 is 0 Å². The van der Waals surface area contributed by atoms with E-state index < -0.39 is 5.97 Å². The molecule has 0 bridgehead atoms. The van der Waals surface area contributed by atoms with Crippen molar-refractivity contribution in [2.75, 3.05) is 13.7 Å². The largest absolute Gasteiger partial charge is 0.466 e. The van der Waals surface area contributed by atoms with Gasteiger partial charge in [-0.3, -0.25) is 4.79 Å². The number of aromatic nitrogens is 3. The summed E-state index contributed by atoms with van der Waals surface area (Å²) >= 11 is 0. The minimum Gasteiger partial charge on any atom is -0.466 e. The van der Waals surface area contributed by atoms with Crippen LogP contribution in [0.4, 0.5) is 0 Å². The zero-order valence-electron chi connectivity index (χ0n) is 20.8. The topological polar surface area (TPSA) is 86.5 Å². The van der Waals surface area contributed by atoms with Gasteiger partial charge in [-0.1, -0.05) is 49.0 Å². The van der Waals surface area contributed by atoms with Crippen LogP contribution in [0.15, 0.2) is 84.9 Å². The number of carbonyl (C=O) groups excluding carboxylic acids is 2. The number of carbonyl (C=O) groups is 2. The number of methoxy groups -OCH3 is 1. The summed E-state index contributed by atoms with van der Waals surface area (Å²) in [5.41, 5.74) is 2.25. The lowest BCUT2D eigenvalue weighted by Gasteiger charge is -2.38. The summed E-state index contributed by atoms with van der Waals surface area (Å²) in [6, 6.07) is 16.7. The first kappa shape index (κ1) is 24.9. The number of amides is 1. The first-order valence-corrected chi connectivity index (χ1v) is 11.9. The quantitative estimate of drug-likeness (QED) is 0.275. The van der Waals surface area contributed by atoms with Crippen LogP contribution in [0.25, 0.3) is 11.4 Å². The van der Waals surface area contributed by atoms with Gasteiger partial charge in [-0.25, -0.2) is 4.79 Å². The second-order valence-corrected chi connectivity index (χ2v) is 8.80. The van der Waals surface area contributed by atoms with Crippen LogP contribution in [0, 0.1) is 5.92 Å². The van der Waals surface area contributed by atoms with Crippen molar-refractivity contribution in [3.8, 4) is 5.69 Å². The lowest BCUT2D eigenvalue weighted by Crippen LogP contribution is -2.46.